The number of hydrogen-bond donors (Lipinski definition) is 1. The fourth-order valence-corrected chi connectivity index (χ4v) is 5.15. The second-order valence-corrected chi connectivity index (χ2v) is 8.28. The van der Waals surface area contributed by atoms with Crippen LogP contribution in [0.15, 0.2) is 54.6 Å². The number of halogens is 1. The smallest absolute Gasteiger partial charge is 0.294 e. The molecule has 1 N–H and O–H groups in total. The van der Waals surface area contributed by atoms with E-state index in [0.717, 1.165) is 16.9 Å². The summed E-state index contributed by atoms with van der Waals surface area (Å²) in [6, 6.07) is 10.5. The first kappa shape index (κ1) is 19.4. The van der Waals surface area contributed by atoms with Gasteiger partial charge in [0.25, 0.3) is 5.69 Å². The van der Waals surface area contributed by atoms with E-state index in [1.54, 1.807) is 18.2 Å². The summed E-state index contributed by atoms with van der Waals surface area (Å²) in [5.41, 5.74) is 1.07. The Morgan fingerprint density at radius 3 is 2.42 bits per heavy atom. The predicted octanol–water partition coefficient (Wildman–Crippen LogP) is 3.70. The van der Waals surface area contributed by atoms with Crippen LogP contribution in [0.25, 0.3) is 0 Å². The quantitative estimate of drug-likeness (QED) is 0.332. The Kier molecular flexibility index (Phi) is 4.57. The molecule has 0 spiro atoms. The Bertz CT molecular complexity index is 1100. The third kappa shape index (κ3) is 3.19. The first-order chi connectivity index (χ1) is 14.9. The van der Waals surface area contributed by atoms with Crippen molar-refractivity contribution in [1.82, 2.24) is 0 Å². The van der Waals surface area contributed by atoms with Crippen LogP contribution < -0.4 is 10.2 Å². The highest BCUT2D eigenvalue weighted by Gasteiger charge is 2.59. The third-order valence-corrected chi connectivity index (χ3v) is 6.52. The number of carbonyl (C=O) groups is 2. The molecule has 158 valence electrons. The number of fused-ring (bicyclic) bond motifs is 5. The summed E-state index contributed by atoms with van der Waals surface area (Å²) in [6.45, 7) is 0.365. The number of allylic oxidation sites excluding steroid dienone is 2. The molecule has 2 aromatic rings. The Balaban J connectivity index is 1.36. The van der Waals surface area contributed by atoms with E-state index in [2.05, 4.69) is 5.32 Å². The van der Waals surface area contributed by atoms with Crippen LogP contribution in [0.3, 0.4) is 0 Å². The molecule has 1 saturated heterocycles. The molecule has 8 heteroatoms. The van der Waals surface area contributed by atoms with Gasteiger partial charge >= 0.3 is 0 Å². The van der Waals surface area contributed by atoms with Gasteiger partial charge in [0.2, 0.25) is 11.8 Å². The number of nitrogens with zero attached hydrogens (tertiary/aromatic N) is 2. The van der Waals surface area contributed by atoms with Gasteiger partial charge in [0.1, 0.15) is 11.5 Å². The summed E-state index contributed by atoms with van der Waals surface area (Å²) in [4.78, 5) is 38.2. The minimum Gasteiger partial charge on any atom is -0.379 e. The number of carbonyl (C=O) groups excluding carboxylic acids is 2. The highest BCUT2D eigenvalue weighted by atomic mass is 19.1. The number of benzene rings is 2. The summed E-state index contributed by atoms with van der Waals surface area (Å²) >= 11 is 0. The van der Waals surface area contributed by atoms with Crippen molar-refractivity contribution in [1.29, 1.82) is 0 Å². The van der Waals surface area contributed by atoms with Gasteiger partial charge in [0.15, 0.2) is 0 Å². The maximum Gasteiger partial charge on any atom is 0.294 e. The summed E-state index contributed by atoms with van der Waals surface area (Å²) in [7, 11) is 0. The number of nitrogens with one attached hydrogen (secondary N) is 1. The number of amides is 2. The molecular formula is C23H20FN3O4. The van der Waals surface area contributed by atoms with Gasteiger partial charge in [0, 0.05) is 12.6 Å². The van der Waals surface area contributed by atoms with Crippen LogP contribution in [0.5, 0.6) is 0 Å². The van der Waals surface area contributed by atoms with Crippen LogP contribution in [-0.4, -0.2) is 23.3 Å². The van der Waals surface area contributed by atoms with Crippen LogP contribution in [0, 0.1) is 39.6 Å². The first-order valence-electron chi connectivity index (χ1n) is 10.3. The molecule has 2 bridgehead atoms. The lowest BCUT2D eigenvalue weighted by atomic mass is 9.85. The Morgan fingerprint density at radius 2 is 1.77 bits per heavy atom. The molecule has 2 aliphatic carbocycles. The van der Waals surface area contributed by atoms with Crippen LogP contribution in [0.4, 0.5) is 21.5 Å². The molecule has 31 heavy (non-hydrogen) atoms. The van der Waals surface area contributed by atoms with Crippen molar-refractivity contribution in [3.8, 4) is 0 Å². The van der Waals surface area contributed by atoms with E-state index in [1.807, 2.05) is 12.2 Å². The molecule has 5 rings (SSSR count). The molecule has 2 aromatic carbocycles. The lowest BCUT2D eigenvalue weighted by molar-refractivity contribution is -0.383. The Hall–Kier alpha value is -3.55. The van der Waals surface area contributed by atoms with E-state index in [-0.39, 0.29) is 58.4 Å². The fourth-order valence-electron chi connectivity index (χ4n) is 5.15. The largest absolute Gasteiger partial charge is 0.379 e. The molecule has 7 nitrogen and oxygen atoms in total. The summed E-state index contributed by atoms with van der Waals surface area (Å²) < 4.78 is 13.3. The van der Waals surface area contributed by atoms with Crippen molar-refractivity contribution in [2.45, 2.75) is 12.8 Å². The zero-order valence-corrected chi connectivity index (χ0v) is 16.5. The second kappa shape index (κ2) is 7.30. The van der Waals surface area contributed by atoms with Crippen LogP contribution in [0.2, 0.25) is 0 Å². The van der Waals surface area contributed by atoms with Gasteiger partial charge in [0.05, 0.1) is 22.4 Å². The van der Waals surface area contributed by atoms with Gasteiger partial charge in [-0.3, -0.25) is 19.7 Å². The van der Waals surface area contributed by atoms with Gasteiger partial charge in [-0.1, -0.05) is 24.3 Å². The average Bonchev–Trinajstić information content (AvgIpc) is 3.42. The minimum absolute atomic E-state index is 0.0789. The van der Waals surface area contributed by atoms with E-state index < -0.39 is 4.92 Å². The molecule has 2 fully saturated rings. The SMILES string of the molecule is O=C1C2C3C=CC(C3)C2C(=O)N1c1ccc(NCCc2cccc(F)c2)c([N+](=O)[O-])c1. The molecule has 4 unspecified atom stereocenters. The molecule has 1 saturated carbocycles. The van der Waals surface area contributed by atoms with E-state index in [1.165, 1.54) is 24.3 Å². The summed E-state index contributed by atoms with van der Waals surface area (Å²) in [6.07, 6.45) is 5.33. The van der Waals surface area contributed by atoms with E-state index in [4.69, 9.17) is 0 Å². The molecule has 4 atom stereocenters. The Morgan fingerprint density at radius 1 is 1.06 bits per heavy atom. The molecule has 3 aliphatic rings. The maximum absolute atomic E-state index is 13.3. The predicted molar refractivity (Wildman–Crippen MR) is 112 cm³/mol. The number of imide groups is 1. The minimum atomic E-state index is -0.537. The Labute approximate surface area is 177 Å². The van der Waals surface area contributed by atoms with Crippen molar-refractivity contribution in [2.24, 2.45) is 23.7 Å². The number of nitro groups is 1. The normalized spacial score (nSPS) is 25.9. The number of rotatable bonds is 6. The van der Waals surface area contributed by atoms with Crippen LogP contribution in [-0.2, 0) is 16.0 Å². The fraction of sp³-hybridized carbons (Fsp3) is 0.304. The first-order valence-corrected chi connectivity index (χ1v) is 10.3. The zero-order valence-electron chi connectivity index (χ0n) is 16.5. The molecule has 0 aromatic heterocycles. The van der Waals surface area contributed by atoms with Crippen molar-refractivity contribution < 1.29 is 18.9 Å². The van der Waals surface area contributed by atoms with Crippen molar-refractivity contribution in [3.63, 3.8) is 0 Å². The van der Waals surface area contributed by atoms with Gasteiger partial charge < -0.3 is 5.32 Å². The van der Waals surface area contributed by atoms with Gasteiger partial charge in [-0.25, -0.2) is 9.29 Å². The number of hydrogen-bond acceptors (Lipinski definition) is 5. The van der Waals surface area contributed by atoms with Gasteiger partial charge in [-0.15, -0.1) is 0 Å². The summed E-state index contributed by atoms with van der Waals surface area (Å²) in [5.74, 6) is -1.43. The highest BCUT2D eigenvalue weighted by molar-refractivity contribution is 6.23. The summed E-state index contributed by atoms with van der Waals surface area (Å²) in [5, 5.41) is 14.7. The third-order valence-electron chi connectivity index (χ3n) is 6.52. The van der Waals surface area contributed by atoms with Gasteiger partial charge in [-0.2, -0.15) is 0 Å². The monoisotopic (exact) mass is 421 g/mol. The van der Waals surface area contributed by atoms with E-state index in [0.29, 0.717) is 13.0 Å². The highest BCUT2D eigenvalue weighted by Crippen LogP contribution is 2.53. The number of anilines is 2. The maximum atomic E-state index is 13.3. The average molecular weight is 421 g/mol. The van der Waals surface area contributed by atoms with Crippen LogP contribution in [0.1, 0.15) is 12.0 Å². The van der Waals surface area contributed by atoms with Crippen LogP contribution >= 0.6 is 0 Å². The molecule has 0 radical (unpaired) electrons. The molecule has 1 heterocycles. The standard InChI is InChI=1S/C23H20FN3O4/c24-16-3-1-2-13(10-16)8-9-25-18-7-6-17(12-19(18)27(30)31)26-22(28)20-14-4-5-15(11-14)21(20)23(26)29/h1-7,10,12,14-15,20-21,25H,8-9,11H2. The zero-order chi connectivity index (χ0) is 21.7. The topological polar surface area (TPSA) is 92.6 Å². The molecule has 1 aliphatic heterocycles. The lowest BCUT2D eigenvalue weighted by Gasteiger charge is -2.18. The second-order valence-electron chi connectivity index (χ2n) is 8.28. The van der Waals surface area contributed by atoms with Crippen molar-refractivity contribution >= 4 is 28.9 Å². The number of nitro benzene ring substituents is 1. The lowest BCUT2D eigenvalue weighted by Crippen LogP contribution is -2.32. The van der Waals surface area contributed by atoms with E-state index in [9.17, 15) is 24.1 Å². The molecular weight excluding hydrogens is 401 g/mol. The van der Waals surface area contributed by atoms with E-state index >= 15 is 0 Å². The molecule has 2 amide bonds. The van der Waals surface area contributed by atoms with Crippen molar-refractivity contribution in [2.75, 3.05) is 16.8 Å². The van der Waals surface area contributed by atoms with Gasteiger partial charge in [-0.05, 0) is 54.5 Å². The van der Waals surface area contributed by atoms with Crippen molar-refractivity contribution in [3.05, 3.63) is 76.1 Å².